The van der Waals surface area contributed by atoms with Crippen LogP contribution in [-0.4, -0.2) is 34.2 Å². The molecular weight excluding hydrogens is 370 g/mol. The molecule has 0 bridgehead atoms. The highest BCUT2D eigenvalue weighted by Gasteiger charge is 2.56. The second-order valence-corrected chi connectivity index (χ2v) is 8.36. The van der Waals surface area contributed by atoms with Crippen molar-refractivity contribution in [1.29, 1.82) is 0 Å². The van der Waals surface area contributed by atoms with E-state index in [0.29, 0.717) is 5.69 Å². The fourth-order valence-corrected chi connectivity index (χ4v) is 4.52. The lowest BCUT2D eigenvalue weighted by Crippen LogP contribution is -2.57. The van der Waals surface area contributed by atoms with Crippen molar-refractivity contribution in [3.8, 4) is 5.75 Å². The smallest absolute Gasteiger partial charge is 0.339 e. The molecule has 6 heteroatoms. The summed E-state index contributed by atoms with van der Waals surface area (Å²) in [6, 6.07) is 11.7. The van der Waals surface area contributed by atoms with Crippen molar-refractivity contribution in [2.75, 3.05) is 11.9 Å². The van der Waals surface area contributed by atoms with Crippen LogP contribution < -0.4 is 4.90 Å². The number of fused-ring (bicyclic) bond motifs is 1. The number of hydrogen-bond acceptors (Lipinski definition) is 4. The van der Waals surface area contributed by atoms with E-state index in [1.165, 1.54) is 23.1 Å². The molecule has 3 rings (SSSR count). The third-order valence-electron chi connectivity index (χ3n) is 6.38. The standard InChI is InChI=1S/C23H27NO5/c1-14-9-10-15-7-5-6-8-18(15)23(14,29)22(2,3)21(28)24(4)16-11-12-17(20(26)27)19(25)13-16/h5-8,11-14,25,29H,9-10H2,1-4H3,(H,26,27). The largest absolute Gasteiger partial charge is 0.507 e. The maximum absolute atomic E-state index is 13.5. The second kappa shape index (κ2) is 7.19. The Bertz CT molecular complexity index is 967. The van der Waals surface area contributed by atoms with Crippen molar-refractivity contribution in [3.05, 3.63) is 59.2 Å². The van der Waals surface area contributed by atoms with Gasteiger partial charge in [0.2, 0.25) is 5.91 Å². The number of phenols is 1. The lowest BCUT2D eigenvalue weighted by Gasteiger charge is -2.50. The van der Waals surface area contributed by atoms with E-state index in [1.807, 2.05) is 31.2 Å². The Morgan fingerprint density at radius 1 is 1.17 bits per heavy atom. The number of anilines is 1. The zero-order valence-corrected chi connectivity index (χ0v) is 17.1. The number of aromatic hydroxyl groups is 1. The predicted octanol–water partition coefficient (Wildman–Crippen LogP) is 3.55. The number of rotatable bonds is 4. The normalized spacial score (nSPS) is 21.3. The van der Waals surface area contributed by atoms with Crippen LogP contribution in [0.1, 0.15) is 48.7 Å². The van der Waals surface area contributed by atoms with Gasteiger partial charge >= 0.3 is 5.97 Å². The molecule has 0 fully saturated rings. The van der Waals surface area contributed by atoms with Crippen molar-refractivity contribution in [2.45, 2.75) is 39.2 Å². The van der Waals surface area contributed by atoms with Gasteiger partial charge in [-0.05, 0) is 55.9 Å². The van der Waals surface area contributed by atoms with Crippen LogP contribution in [0.3, 0.4) is 0 Å². The zero-order valence-electron chi connectivity index (χ0n) is 17.1. The summed E-state index contributed by atoms with van der Waals surface area (Å²) >= 11 is 0. The number of carbonyl (C=O) groups excluding carboxylic acids is 1. The first-order valence-electron chi connectivity index (χ1n) is 9.67. The quantitative estimate of drug-likeness (QED) is 0.733. The Labute approximate surface area is 170 Å². The van der Waals surface area contributed by atoms with Crippen LogP contribution >= 0.6 is 0 Å². The third kappa shape index (κ3) is 3.17. The highest BCUT2D eigenvalue weighted by atomic mass is 16.4. The molecule has 2 aromatic rings. The van der Waals surface area contributed by atoms with Gasteiger partial charge in [-0.2, -0.15) is 0 Å². The summed E-state index contributed by atoms with van der Waals surface area (Å²) in [7, 11) is 1.56. The number of aromatic carboxylic acids is 1. The van der Waals surface area contributed by atoms with E-state index in [1.54, 1.807) is 20.9 Å². The molecule has 1 aliphatic carbocycles. The maximum atomic E-state index is 13.5. The molecule has 6 nitrogen and oxygen atoms in total. The number of hydrogen-bond donors (Lipinski definition) is 3. The summed E-state index contributed by atoms with van der Waals surface area (Å²) in [6.07, 6.45) is 1.62. The van der Waals surface area contributed by atoms with E-state index in [2.05, 4.69) is 0 Å². The number of carboxylic acid groups (broad SMARTS) is 1. The predicted molar refractivity (Wildman–Crippen MR) is 110 cm³/mol. The minimum absolute atomic E-state index is 0.132. The van der Waals surface area contributed by atoms with Crippen LogP contribution in [0, 0.1) is 11.3 Å². The summed E-state index contributed by atoms with van der Waals surface area (Å²) in [5, 5.41) is 31.0. The number of benzene rings is 2. The van der Waals surface area contributed by atoms with Crippen molar-refractivity contribution in [3.63, 3.8) is 0 Å². The zero-order chi connectivity index (χ0) is 21.6. The lowest BCUT2D eigenvalue weighted by molar-refractivity contribution is -0.158. The summed E-state index contributed by atoms with van der Waals surface area (Å²) in [5.74, 6) is -2.12. The van der Waals surface area contributed by atoms with Gasteiger partial charge < -0.3 is 20.2 Å². The van der Waals surface area contributed by atoms with Crippen molar-refractivity contribution in [2.24, 2.45) is 11.3 Å². The van der Waals surface area contributed by atoms with Crippen LogP contribution in [0.2, 0.25) is 0 Å². The van der Waals surface area contributed by atoms with E-state index in [9.17, 15) is 19.8 Å². The van der Waals surface area contributed by atoms with Gasteiger partial charge in [0.15, 0.2) is 0 Å². The van der Waals surface area contributed by atoms with E-state index in [4.69, 9.17) is 5.11 Å². The number of carbonyl (C=O) groups is 2. The average molecular weight is 397 g/mol. The SMILES string of the molecule is CC1CCc2ccccc2C1(O)C(C)(C)C(=O)N(C)c1ccc(C(=O)O)c(O)c1. The molecule has 1 amide bonds. The molecule has 0 aromatic heterocycles. The highest BCUT2D eigenvalue weighted by Crippen LogP contribution is 2.51. The Morgan fingerprint density at radius 3 is 2.45 bits per heavy atom. The first kappa shape index (κ1) is 20.9. The molecule has 2 unspecified atom stereocenters. The molecule has 0 saturated carbocycles. The van der Waals surface area contributed by atoms with E-state index >= 15 is 0 Å². The Morgan fingerprint density at radius 2 is 1.83 bits per heavy atom. The highest BCUT2D eigenvalue weighted by molar-refractivity contribution is 5.99. The Kier molecular flexibility index (Phi) is 5.17. The van der Waals surface area contributed by atoms with Crippen molar-refractivity contribution < 1.29 is 24.9 Å². The second-order valence-electron chi connectivity index (χ2n) is 8.36. The molecule has 0 aliphatic heterocycles. The minimum atomic E-state index is -1.36. The van der Waals surface area contributed by atoms with Crippen LogP contribution in [0.25, 0.3) is 0 Å². The van der Waals surface area contributed by atoms with Gasteiger partial charge in [-0.1, -0.05) is 31.2 Å². The minimum Gasteiger partial charge on any atom is -0.507 e. The molecular formula is C23H27NO5. The average Bonchev–Trinajstić information content (AvgIpc) is 2.69. The van der Waals surface area contributed by atoms with Crippen LogP contribution in [0.15, 0.2) is 42.5 Å². The van der Waals surface area contributed by atoms with E-state index in [-0.39, 0.29) is 17.4 Å². The van der Waals surface area contributed by atoms with Gasteiger partial charge in [-0.3, -0.25) is 4.79 Å². The summed E-state index contributed by atoms with van der Waals surface area (Å²) in [6.45, 7) is 5.42. The van der Waals surface area contributed by atoms with E-state index < -0.39 is 22.7 Å². The number of nitrogens with zero attached hydrogens (tertiary/aromatic N) is 1. The molecule has 0 saturated heterocycles. The topological polar surface area (TPSA) is 98.1 Å². The molecule has 0 spiro atoms. The summed E-state index contributed by atoms with van der Waals surface area (Å²) in [5.41, 5.74) is -0.599. The molecule has 154 valence electrons. The van der Waals surface area contributed by atoms with Gasteiger partial charge in [-0.15, -0.1) is 0 Å². The van der Waals surface area contributed by atoms with Crippen LogP contribution in [0.4, 0.5) is 5.69 Å². The molecule has 1 aliphatic rings. The van der Waals surface area contributed by atoms with Gasteiger partial charge in [-0.25, -0.2) is 4.79 Å². The first-order valence-corrected chi connectivity index (χ1v) is 9.67. The number of carboxylic acids is 1. The van der Waals surface area contributed by atoms with E-state index in [0.717, 1.165) is 24.0 Å². The molecule has 0 heterocycles. The third-order valence-corrected chi connectivity index (χ3v) is 6.38. The number of aliphatic hydroxyl groups is 1. The monoisotopic (exact) mass is 397 g/mol. The molecule has 0 radical (unpaired) electrons. The maximum Gasteiger partial charge on any atom is 0.339 e. The van der Waals surface area contributed by atoms with Gasteiger partial charge in [0, 0.05) is 18.8 Å². The number of amides is 1. The Balaban J connectivity index is 2.02. The summed E-state index contributed by atoms with van der Waals surface area (Å²) in [4.78, 5) is 26.0. The fraction of sp³-hybridized carbons (Fsp3) is 0.391. The molecule has 2 atom stereocenters. The van der Waals surface area contributed by atoms with Crippen molar-refractivity contribution in [1.82, 2.24) is 0 Å². The first-order chi connectivity index (χ1) is 13.5. The molecule has 2 aromatic carbocycles. The van der Waals surface area contributed by atoms with Crippen LogP contribution in [-0.2, 0) is 16.8 Å². The van der Waals surface area contributed by atoms with Gasteiger partial charge in [0.25, 0.3) is 0 Å². The molecule has 29 heavy (non-hydrogen) atoms. The lowest BCUT2D eigenvalue weighted by atomic mass is 9.59. The molecule has 3 N–H and O–H groups in total. The summed E-state index contributed by atoms with van der Waals surface area (Å²) < 4.78 is 0. The fourth-order valence-electron chi connectivity index (χ4n) is 4.52. The Hall–Kier alpha value is -2.86. The van der Waals surface area contributed by atoms with Crippen molar-refractivity contribution >= 4 is 17.6 Å². The van der Waals surface area contributed by atoms with Gasteiger partial charge in [0.1, 0.15) is 16.9 Å². The van der Waals surface area contributed by atoms with Gasteiger partial charge in [0.05, 0.1) is 5.41 Å². The van der Waals surface area contributed by atoms with Crippen LogP contribution in [0.5, 0.6) is 5.75 Å². The number of aryl methyl sites for hydroxylation is 1.